The van der Waals surface area contributed by atoms with Gasteiger partial charge in [0.25, 0.3) is 0 Å². The van der Waals surface area contributed by atoms with Crippen LogP contribution in [0.3, 0.4) is 0 Å². The maximum Gasteiger partial charge on any atom is 0.138 e. The quantitative estimate of drug-likeness (QED) is 0.582. The molecule has 4 heteroatoms. The molecule has 1 rings (SSSR count). The van der Waals surface area contributed by atoms with Crippen LogP contribution in [0.25, 0.3) is 0 Å². The largest absolute Gasteiger partial charge is 0.302 e. The second-order valence-corrected chi connectivity index (χ2v) is 4.00. The van der Waals surface area contributed by atoms with Crippen LogP contribution in [-0.2, 0) is 11.2 Å². The standard InChI is InChI=1S/C9H7Cl3O/c10-7-2-1-6(9(12)4-7)3-8(11)5-13/h1-2,4-5,8H,3H2. The number of hydrogen-bond donors (Lipinski definition) is 0. The SMILES string of the molecule is O=CC(Cl)Cc1ccc(Cl)cc1Cl. The molecule has 0 aromatic heterocycles. The Hall–Kier alpha value is -0.240. The molecule has 0 bridgehead atoms. The first-order chi connectivity index (χ1) is 6.13. The minimum Gasteiger partial charge on any atom is -0.302 e. The summed E-state index contributed by atoms with van der Waals surface area (Å²) in [5, 5.41) is 0.588. The second-order valence-electron chi connectivity index (χ2n) is 2.59. The maximum atomic E-state index is 10.3. The lowest BCUT2D eigenvalue weighted by molar-refractivity contribution is -0.107. The Morgan fingerprint density at radius 3 is 2.62 bits per heavy atom. The molecule has 0 saturated heterocycles. The van der Waals surface area contributed by atoms with E-state index in [1.54, 1.807) is 18.2 Å². The van der Waals surface area contributed by atoms with Gasteiger partial charge < -0.3 is 4.79 Å². The van der Waals surface area contributed by atoms with Gasteiger partial charge in [0.1, 0.15) is 6.29 Å². The van der Waals surface area contributed by atoms with E-state index >= 15 is 0 Å². The maximum absolute atomic E-state index is 10.3. The van der Waals surface area contributed by atoms with E-state index in [2.05, 4.69) is 0 Å². The van der Waals surface area contributed by atoms with Crippen LogP contribution < -0.4 is 0 Å². The van der Waals surface area contributed by atoms with Crippen molar-refractivity contribution in [3.8, 4) is 0 Å². The molecule has 70 valence electrons. The summed E-state index contributed by atoms with van der Waals surface area (Å²) in [6.07, 6.45) is 1.12. The van der Waals surface area contributed by atoms with Crippen LogP contribution in [0.5, 0.6) is 0 Å². The first kappa shape index (κ1) is 10.8. The molecule has 1 nitrogen and oxygen atoms in total. The summed E-state index contributed by atoms with van der Waals surface area (Å²) in [6.45, 7) is 0. The minimum absolute atomic E-state index is 0.432. The zero-order chi connectivity index (χ0) is 9.84. The first-order valence-corrected chi connectivity index (χ1v) is 4.86. The van der Waals surface area contributed by atoms with Gasteiger partial charge in [-0.15, -0.1) is 11.6 Å². The van der Waals surface area contributed by atoms with Crippen LogP contribution in [0.4, 0.5) is 0 Å². The molecule has 0 saturated carbocycles. The summed E-state index contributed by atoms with van der Waals surface area (Å²) in [5.41, 5.74) is 0.832. The van der Waals surface area contributed by atoms with Gasteiger partial charge in [0, 0.05) is 10.0 Å². The Morgan fingerprint density at radius 2 is 2.08 bits per heavy atom. The summed E-state index contributed by atoms with van der Waals surface area (Å²) in [5.74, 6) is 0. The van der Waals surface area contributed by atoms with Crippen molar-refractivity contribution in [1.29, 1.82) is 0 Å². The average Bonchev–Trinajstić information content (AvgIpc) is 2.09. The lowest BCUT2D eigenvalue weighted by Gasteiger charge is -2.04. The fraction of sp³-hybridized carbons (Fsp3) is 0.222. The highest BCUT2D eigenvalue weighted by atomic mass is 35.5. The van der Waals surface area contributed by atoms with E-state index in [0.717, 1.165) is 5.56 Å². The van der Waals surface area contributed by atoms with Crippen LogP contribution in [-0.4, -0.2) is 11.7 Å². The van der Waals surface area contributed by atoms with E-state index in [0.29, 0.717) is 22.8 Å². The highest BCUT2D eigenvalue weighted by molar-refractivity contribution is 6.35. The van der Waals surface area contributed by atoms with Crippen molar-refractivity contribution >= 4 is 41.1 Å². The number of hydrogen-bond acceptors (Lipinski definition) is 1. The van der Waals surface area contributed by atoms with E-state index in [9.17, 15) is 4.79 Å². The van der Waals surface area contributed by atoms with E-state index in [1.807, 2.05) is 0 Å². The summed E-state index contributed by atoms with van der Waals surface area (Å²) < 4.78 is 0. The number of rotatable bonds is 3. The van der Waals surface area contributed by atoms with Gasteiger partial charge in [-0.05, 0) is 24.1 Å². The third-order valence-corrected chi connectivity index (χ3v) is 2.42. The Morgan fingerprint density at radius 1 is 1.38 bits per heavy atom. The lowest BCUT2D eigenvalue weighted by atomic mass is 10.1. The van der Waals surface area contributed by atoms with Gasteiger partial charge in [-0.3, -0.25) is 0 Å². The van der Waals surface area contributed by atoms with Crippen molar-refractivity contribution in [3.63, 3.8) is 0 Å². The number of carbonyl (C=O) groups excluding carboxylic acids is 1. The van der Waals surface area contributed by atoms with Crippen LogP contribution in [0.1, 0.15) is 5.56 Å². The molecule has 1 aromatic carbocycles. The monoisotopic (exact) mass is 236 g/mol. The van der Waals surface area contributed by atoms with Crippen molar-refractivity contribution in [2.24, 2.45) is 0 Å². The Balaban J connectivity index is 2.83. The molecule has 1 atom stereocenters. The molecule has 0 aliphatic rings. The first-order valence-electron chi connectivity index (χ1n) is 3.67. The predicted molar refractivity (Wildman–Crippen MR) is 55.9 cm³/mol. The molecule has 1 unspecified atom stereocenters. The molecule has 0 radical (unpaired) electrons. The molecule has 0 aliphatic heterocycles. The smallest absolute Gasteiger partial charge is 0.138 e. The van der Waals surface area contributed by atoms with Gasteiger partial charge in [-0.1, -0.05) is 29.3 Å². The molecule has 0 aliphatic carbocycles. The Kier molecular flexibility index (Phi) is 4.04. The van der Waals surface area contributed by atoms with Crippen LogP contribution in [0, 0.1) is 0 Å². The van der Waals surface area contributed by atoms with E-state index < -0.39 is 5.38 Å². The van der Waals surface area contributed by atoms with Crippen LogP contribution >= 0.6 is 34.8 Å². The number of carbonyl (C=O) groups is 1. The highest BCUT2D eigenvalue weighted by Gasteiger charge is 2.07. The van der Waals surface area contributed by atoms with Gasteiger partial charge in [-0.25, -0.2) is 0 Å². The van der Waals surface area contributed by atoms with Gasteiger partial charge in [0.2, 0.25) is 0 Å². The van der Waals surface area contributed by atoms with Gasteiger partial charge >= 0.3 is 0 Å². The molecule has 0 heterocycles. The number of alkyl halides is 1. The molecule has 1 aromatic rings. The van der Waals surface area contributed by atoms with Gasteiger partial charge in [-0.2, -0.15) is 0 Å². The third kappa shape index (κ3) is 3.18. The minimum atomic E-state index is -0.529. The molecule has 0 N–H and O–H groups in total. The second kappa shape index (κ2) is 4.85. The van der Waals surface area contributed by atoms with Crippen molar-refractivity contribution in [2.75, 3.05) is 0 Å². The topological polar surface area (TPSA) is 17.1 Å². The molecular formula is C9H7Cl3O. The average molecular weight is 238 g/mol. The zero-order valence-electron chi connectivity index (χ0n) is 6.64. The molecule has 0 spiro atoms. The number of halogens is 3. The molecule has 0 fully saturated rings. The van der Waals surface area contributed by atoms with Crippen LogP contribution in [0.2, 0.25) is 10.0 Å². The summed E-state index contributed by atoms with van der Waals surface area (Å²) in [4.78, 5) is 10.3. The summed E-state index contributed by atoms with van der Waals surface area (Å²) in [6, 6.07) is 5.12. The Bertz CT molecular complexity index is 312. The highest BCUT2D eigenvalue weighted by Crippen LogP contribution is 2.22. The van der Waals surface area contributed by atoms with Crippen molar-refractivity contribution in [3.05, 3.63) is 33.8 Å². The van der Waals surface area contributed by atoms with Crippen molar-refractivity contribution in [1.82, 2.24) is 0 Å². The normalized spacial score (nSPS) is 12.5. The molecule has 0 amide bonds. The number of benzene rings is 1. The fourth-order valence-corrected chi connectivity index (χ4v) is 1.60. The third-order valence-electron chi connectivity index (χ3n) is 1.58. The van der Waals surface area contributed by atoms with Gasteiger partial charge in [0.05, 0.1) is 5.38 Å². The van der Waals surface area contributed by atoms with Gasteiger partial charge in [0.15, 0.2) is 0 Å². The van der Waals surface area contributed by atoms with E-state index in [1.165, 1.54) is 0 Å². The predicted octanol–water partition coefficient (Wildman–Crippen LogP) is 3.34. The van der Waals surface area contributed by atoms with E-state index in [-0.39, 0.29) is 0 Å². The molecular weight excluding hydrogens is 230 g/mol. The number of aldehydes is 1. The lowest BCUT2D eigenvalue weighted by Crippen LogP contribution is -2.04. The van der Waals surface area contributed by atoms with Crippen molar-refractivity contribution in [2.45, 2.75) is 11.8 Å². The van der Waals surface area contributed by atoms with Crippen molar-refractivity contribution < 1.29 is 4.79 Å². The van der Waals surface area contributed by atoms with E-state index in [4.69, 9.17) is 34.8 Å². The Labute approximate surface area is 91.6 Å². The fourth-order valence-electron chi connectivity index (χ4n) is 0.945. The molecule has 13 heavy (non-hydrogen) atoms. The summed E-state index contributed by atoms with van der Waals surface area (Å²) >= 11 is 17.2. The van der Waals surface area contributed by atoms with Crippen LogP contribution in [0.15, 0.2) is 18.2 Å². The summed E-state index contributed by atoms with van der Waals surface area (Å²) in [7, 11) is 0. The zero-order valence-corrected chi connectivity index (χ0v) is 8.90.